The van der Waals surface area contributed by atoms with Crippen LogP contribution in [0.2, 0.25) is 0 Å². The van der Waals surface area contributed by atoms with Gasteiger partial charge in [-0.3, -0.25) is 4.79 Å². The van der Waals surface area contributed by atoms with Gasteiger partial charge in [-0.25, -0.2) is 0 Å². The Balaban J connectivity index is 1.99. The van der Waals surface area contributed by atoms with Crippen LogP contribution >= 0.6 is 0 Å². The summed E-state index contributed by atoms with van der Waals surface area (Å²) in [6.07, 6.45) is 2.00. The Morgan fingerprint density at radius 3 is 2.64 bits per heavy atom. The molecule has 0 bridgehead atoms. The average Bonchev–Trinajstić information content (AvgIpc) is 2.74. The van der Waals surface area contributed by atoms with E-state index < -0.39 is 0 Å². The van der Waals surface area contributed by atoms with Crippen LogP contribution in [-0.4, -0.2) is 19.5 Å². The summed E-state index contributed by atoms with van der Waals surface area (Å²) < 4.78 is 0. The summed E-state index contributed by atoms with van der Waals surface area (Å²) in [5.41, 5.74) is 9.24. The summed E-state index contributed by atoms with van der Waals surface area (Å²) in [6.45, 7) is 0.735. The molecule has 22 heavy (non-hydrogen) atoms. The van der Waals surface area contributed by atoms with Crippen LogP contribution in [0.4, 0.5) is 11.4 Å². The van der Waals surface area contributed by atoms with Crippen molar-refractivity contribution in [3.05, 3.63) is 59.7 Å². The first kappa shape index (κ1) is 14.6. The van der Waals surface area contributed by atoms with Crippen molar-refractivity contribution in [2.24, 2.45) is 0 Å². The fraction of sp³-hybridized carbons (Fsp3) is 0.278. The lowest BCUT2D eigenvalue weighted by Crippen LogP contribution is -2.31. The van der Waals surface area contributed by atoms with Crippen LogP contribution < -0.4 is 16.0 Å². The zero-order chi connectivity index (χ0) is 15.5. The van der Waals surface area contributed by atoms with Crippen LogP contribution in [-0.2, 0) is 0 Å². The third-order valence-electron chi connectivity index (χ3n) is 4.23. The van der Waals surface area contributed by atoms with Crippen molar-refractivity contribution in [3.63, 3.8) is 0 Å². The molecule has 0 spiro atoms. The molecule has 0 fully saturated rings. The monoisotopic (exact) mass is 295 g/mol. The van der Waals surface area contributed by atoms with Crippen molar-refractivity contribution >= 4 is 17.3 Å². The summed E-state index contributed by atoms with van der Waals surface area (Å²) in [4.78, 5) is 14.8. The van der Waals surface area contributed by atoms with E-state index in [0.29, 0.717) is 17.3 Å². The molecule has 0 saturated heterocycles. The number of nitrogens with two attached hydrogens (primary N) is 1. The number of nitrogen functional groups attached to an aromatic ring is 1. The molecule has 2 aromatic carbocycles. The maximum atomic E-state index is 12.9. The molecular weight excluding hydrogens is 274 g/mol. The van der Waals surface area contributed by atoms with Gasteiger partial charge in [0.2, 0.25) is 0 Å². The molecule has 0 aliphatic carbocycles. The van der Waals surface area contributed by atoms with Crippen molar-refractivity contribution in [3.8, 4) is 0 Å². The van der Waals surface area contributed by atoms with E-state index in [0.717, 1.165) is 25.1 Å². The smallest absolute Gasteiger partial charge is 0.258 e. The lowest BCUT2D eigenvalue weighted by atomic mass is 10.0. The maximum absolute atomic E-state index is 12.9. The number of carbonyl (C=O) groups excluding carboxylic acids is 1. The van der Waals surface area contributed by atoms with Gasteiger partial charge >= 0.3 is 0 Å². The summed E-state index contributed by atoms with van der Waals surface area (Å²) >= 11 is 0. The van der Waals surface area contributed by atoms with Gasteiger partial charge in [0.15, 0.2) is 0 Å². The zero-order valence-corrected chi connectivity index (χ0v) is 12.8. The second-order valence-electron chi connectivity index (χ2n) is 5.62. The van der Waals surface area contributed by atoms with Gasteiger partial charge in [0, 0.05) is 29.5 Å². The first-order valence-corrected chi connectivity index (χ1v) is 7.64. The van der Waals surface area contributed by atoms with E-state index >= 15 is 0 Å². The first-order valence-electron chi connectivity index (χ1n) is 7.64. The highest BCUT2D eigenvalue weighted by atomic mass is 16.2. The largest absolute Gasteiger partial charge is 0.399 e. The zero-order valence-electron chi connectivity index (χ0n) is 12.8. The molecule has 0 unspecified atom stereocenters. The minimum Gasteiger partial charge on any atom is -0.399 e. The van der Waals surface area contributed by atoms with Crippen LogP contribution in [0.3, 0.4) is 0 Å². The molecular formula is C18H21N3O. The van der Waals surface area contributed by atoms with Crippen molar-refractivity contribution in [2.45, 2.75) is 18.9 Å². The van der Waals surface area contributed by atoms with Gasteiger partial charge in [0.25, 0.3) is 5.91 Å². The number of rotatable bonds is 2. The number of para-hydroxylation sites is 1. The molecule has 4 nitrogen and oxygen atoms in total. The Labute approximate surface area is 130 Å². The second kappa shape index (κ2) is 6.20. The molecule has 1 aliphatic rings. The fourth-order valence-electron chi connectivity index (χ4n) is 3.05. The van der Waals surface area contributed by atoms with Gasteiger partial charge < -0.3 is 16.0 Å². The Morgan fingerprint density at radius 1 is 1.18 bits per heavy atom. The average molecular weight is 295 g/mol. The number of carbonyl (C=O) groups is 1. The van der Waals surface area contributed by atoms with E-state index in [1.165, 1.54) is 5.56 Å². The van der Waals surface area contributed by atoms with Gasteiger partial charge in [-0.1, -0.05) is 18.2 Å². The van der Waals surface area contributed by atoms with E-state index in [-0.39, 0.29) is 5.91 Å². The van der Waals surface area contributed by atoms with Crippen molar-refractivity contribution < 1.29 is 4.79 Å². The molecule has 4 heteroatoms. The molecule has 1 aliphatic heterocycles. The number of hydrogen-bond acceptors (Lipinski definition) is 3. The van der Waals surface area contributed by atoms with E-state index in [1.54, 1.807) is 24.3 Å². The molecule has 1 heterocycles. The number of hydrogen-bond donors (Lipinski definition) is 2. The maximum Gasteiger partial charge on any atom is 0.258 e. The van der Waals surface area contributed by atoms with Crippen LogP contribution in [0.5, 0.6) is 0 Å². The number of fused-ring (bicyclic) bond motifs is 1. The van der Waals surface area contributed by atoms with Crippen LogP contribution in [0.1, 0.15) is 34.8 Å². The molecule has 1 amide bonds. The molecule has 0 saturated carbocycles. The summed E-state index contributed by atoms with van der Waals surface area (Å²) in [5.74, 6) is 0.0317. The Kier molecular flexibility index (Phi) is 4.11. The number of nitrogens with zero attached hydrogens (tertiary/aromatic N) is 1. The summed E-state index contributed by atoms with van der Waals surface area (Å²) in [5, 5.41) is 3.35. The standard InChI is InChI=1S/C18H21N3O/c1-20-16-6-4-12-21(17-7-3-2-5-15(16)17)18(22)13-8-10-14(19)11-9-13/h2-3,5,7-11,16,20H,4,6,12,19H2,1H3/t16-/m1/s1. The lowest BCUT2D eigenvalue weighted by Gasteiger charge is -2.24. The van der Waals surface area contributed by atoms with Gasteiger partial charge in [-0.15, -0.1) is 0 Å². The molecule has 114 valence electrons. The van der Waals surface area contributed by atoms with Crippen LogP contribution in [0.25, 0.3) is 0 Å². The van der Waals surface area contributed by atoms with Gasteiger partial charge in [-0.2, -0.15) is 0 Å². The van der Waals surface area contributed by atoms with Crippen LogP contribution in [0.15, 0.2) is 48.5 Å². The van der Waals surface area contributed by atoms with Crippen molar-refractivity contribution in [1.82, 2.24) is 5.32 Å². The Bertz CT molecular complexity index is 666. The van der Waals surface area contributed by atoms with E-state index in [9.17, 15) is 4.79 Å². The minimum absolute atomic E-state index is 0.0317. The molecule has 0 radical (unpaired) electrons. The van der Waals surface area contributed by atoms with Crippen molar-refractivity contribution in [1.29, 1.82) is 0 Å². The predicted molar refractivity (Wildman–Crippen MR) is 90.0 cm³/mol. The van der Waals surface area contributed by atoms with E-state index in [4.69, 9.17) is 5.73 Å². The topological polar surface area (TPSA) is 58.4 Å². The molecule has 1 atom stereocenters. The number of benzene rings is 2. The van der Waals surface area contributed by atoms with Gasteiger partial charge in [0.05, 0.1) is 0 Å². The highest BCUT2D eigenvalue weighted by Gasteiger charge is 2.26. The normalized spacial score (nSPS) is 17.7. The second-order valence-corrected chi connectivity index (χ2v) is 5.62. The van der Waals surface area contributed by atoms with E-state index in [2.05, 4.69) is 11.4 Å². The fourth-order valence-corrected chi connectivity index (χ4v) is 3.05. The van der Waals surface area contributed by atoms with Gasteiger partial charge in [0.1, 0.15) is 0 Å². The van der Waals surface area contributed by atoms with E-state index in [1.807, 2.05) is 30.1 Å². The quantitative estimate of drug-likeness (QED) is 0.837. The minimum atomic E-state index is 0.0317. The molecule has 0 aromatic heterocycles. The number of anilines is 2. The van der Waals surface area contributed by atoms with Crippen LogP contribution in [0, 0.1) is 0 Å². The SMILES string of the molecule is CN[C@@H]1CCCN(C(=O)c2ccc(N)cc2)c2ccccc21. The molecule has 3 rings (SSSR count). The third-order valence-corrected chi connectivity index (χ3v) is 4.23. The number of amides is 1. The Hall–Kier alpha value is -2.33. The summed E-state index contributed by atoms with van der Waals surface area (Å²) in [7, 11) is 1.97. The summed E-state index contributed by atoms with van der Waals surface area (Å²) in [6, 6.07) is 15.6. The predicted octanol–water partition coefficient (Wildman–Crippen LogP) is 2.97. The molecule has 2 aromatic rings. The lowest BCUT2D eigenvalue weighted by molar-refractivity contribution is 0.0987. The number of nitrogens with one attached hydrogen (secondary N) is 1. The van der Waals surface area contributed by atoms with Crippen molar-refractivity contribution in [2.75, 3.05) is 24.2 Å². The molecule has 3 N–H and O–H groups in total. The highest BCUT2D eigenvalue weighted by molar-refractivity contribution is 6.06. The Morgan fingerprint density at radius 2 is 1.91 bits per heavy atom. The highest BCUT2D eigenvalue weighted by Crippen LogP contribution is 2.33. The third kappa shape index (κ3) is 2.70. The first-order chi connectivity index (χ1) is 10.7. The van der Waals surface area contributed by atoms with Gasteiger partial charge in [-0.05, 0) is 55.8 Å².